The number of anilines is 1. The van der Waals surface area contributed by atoms with Crippen molar-refractivity contribution in [3.8, 4) is 6.07 Å². The van der Waals surface area contributed by atoms with E-state index in [9.17, 15) is 0 Å². The highest BCUT2D eigenvalue weighted by atomic mass is 15.2. The number of hydrogen-bond donors (Lipinski definition) is 0. The Morgan fingerprint density at radius 3 is 2.47 bits per heavy atom. The van der Waals surface area contributed by atoms with E-state index in [4.69, 9.17) is 5.26 Å². The van der Waals surface area contributed by atoms with Gasteiger partial charge in [0.2, 0.25) is 0 Å². The van der Waals surface area contributed by atoms with Crippen LogP contribution in [0, 0.1) is 11.3 Å². The van der Waals surface area contributed by atoms with Crippen LogP contribution in [0.5, 0.6) is 0 Å². The molecule has 0 saturated carbocycles. The Labute approximate surface area is 103 Å². The fraction of sp³-hybridized carbons (Fsp3) is 0.583. The van der Waals surface area contributed by atoms with Crippen LogP contribution in [0.2, 0.25) is 0 Å². The minimum atomic E-state index is 0.403. The molecule has 1 aromatic heterocycles. The molecular formula is C12H19N5. The highest BCUT2D eigenvalue weighted by Crippen LogP contribution is 2.13. The highest BCUT2D eigenvalue weighted by molar-refractivity contribution is 5.49. The maximum atomic E-state index is 9.02. The first kappa shape index (κ1) is 13.4. The van der Waals surface area contributed by atoms with Crippen LogP contribution in [0.15, 0.2) is 12.4 Å². The van der Waals surface area contributed by atoms with E-state index in [0.29, 0.717) is 11.5 Å². The second-order valence-corrected chi connectivity index (χ2v) is 4.13. The Hall–Kier alpha value is -1.67. The summed E-state index contributed by atoms with van der Waals surface area (Å²) in [6, 6.07) is 2.09. The summed E-state index contributed by atoms with van der Waals surface area (Å²) >= 11 is 0. The molecule has 0 spiro atoms. The summed E-state index contributed by atoms with van der Waals surface area (Å²) in [7, 11) is 4.07. The molecule has 0 amide bonds. The lowest BCUT2D eigenvalue weighted by Crippen LogP contribution is -2.33. The van der Waals surface area contributed by atoms with Crippen molar-refractivity contribution in [2.45, 2.75) is 13.3 Å². The van der Waals surface area contributed by atoms with Crippen molar-refractivity contribution in [1.82, 2.24) is 14.9 Å². The van der Waals surface area contributed by atoms with E-state index in [1.165, 1.54) is 0 Å². The Balaban J connectivity index is 2.85. The Morgan fingerprint density at radius 2 is 1.88 bits per heavy atom. The third kappa shape index (κ3) is 4.00. The zero-order valence-corrected chi connectivity index (χ0v) is 10.7. The molecule has 1 heterocycles. The lowest BCUT2D eigenvalue weighted by atomic mass is 10.3. The van der Waals surface area contributed by atoms with Gasteiger partial charge in [-0.3, -0.25) is 0 Å². The van der Waals surface area contributed by atoms with E-state index in [0.717, 1.165) is 26.1 Å². The van der Waals surface area contributed by atoms with Gasteiger partial charge in [0.05, 0.1) is 0 Å². The van der Waals surface area contributed by atoms with Crippen LogP contribution in [0.3, 0.4) is 0 Å². The van der Waals surface area contributed by atoms with Gasteiger partial charge < -0.3 is 9.80 Å². The summed E-state index contributed by atoms with van der Waals surface area (Å²) in [6.07, 6.45) is 4.21. The lowest BCUT2D eigenvalue weighted by Gasteiger charge is -2.25. The molecule has 0 aliphatic heterocycles. The molecule has 17 heavy (non-hydrogen) atoms. The first-order valence-electron chi connectivity index (χ1n) is 5.79. The normalized spacial score (nSPS) is 10.3. The van der Waals surface area contributed by atoms with Crippen molar-refractivity contribution in [2.24, 2.45) is 0 Å². The van der Waals surface area contributed by atoms with Crippen LogP contribution >= 0.6 is 0 Å². The van der Waals surface area contributed by atoms with Gasteiger partial charge in [-0.15, -0.1) is 0 Å². The smallest absolute Gasteiger partial charge is 0.183 e. The zero-order chi connectivity index (χ0) is 12.7. The zero-order valence-electron chi connectivity index (χ0n) is 10.7. The third-order valence-corrected chi connectivity index (χ3v) is 2.40. The second kappa shape index (κ2) is 6.81. The van der Waals surface area contributed by atoms with E-state index < -0.39 is 0 Å². The summed E-state index contributed by atoms with van der Waals surface area (Å²) in [5.74, 6) is 0.693. The van der Waals surface area contributed by atoms with Gasteiger partial charge in [0.25, 0.3) is 0 Å². The highest BCUT2D eigenvalue weighted by Gasteiger charge is 2.12. The molecule has 0 aliphatic carbocycles. The Bertz CT molecular complexity index is 383. The first-order chi connectivity index (χ1) is 8.19. The average Bonchev–Trinajstić information content (AvgIpc) is 2.34. The van der Waals surface area contributed by atoms with Crippen LogP contribution < -0.4 is 4.90 Å². The number of aromatic nitrogens is 2. The third-order valence-electron chi connectivity index (χ3n) is 2.40. The molecule has 0 atom stereocenters. The summed E-state index contributed by atoms with van der Waals surface area (Å²) in [5.41, 5.74) is 0.403. The summed E-state index contributed by atoms with van der Waals surface area (Å²) in [5, 5.41) is 9.02. The minimum Gasteiger partial charge on any atom is -0.353 e. The van der Waals surface area contributed by atoms with Crippen molar-refractivity contribution in [2.75, 3.05) is 38.6 Å². The number of nitriles is 1. The van der Waals surface area contributed by atoms with Gasteiger partial charge >= 0.3 is 0 Å². The van der Waals surface area contributed by atoms with Crippen molar-refractivity contribution in [3.05, 3.63) is 18.1 Å². The van der Waals surface area contributed by atoms with Crippen LogP contribution in [0.25, 0.3) is 0 Å². The molecule has 5 heteroatoms. The van der Waals surface area contributed by atoms with Gasteiger partial charge in [-0.05, 0) is 20.5 Å². The largest absolute Gasteiger partial charge is 0.353 e. The average molecular weight is 233 g/mol. The predicted molar refractivity (Wildman–Crippen MR) is 67.8 cm³/mol. The van der Waals surface area contributed by atoms with E-state index in [1.54, 1.807) is 12.4 Å². The van der Waals surface area contributed by atoms with Gasteiger partial charge in [0.1, 0.15) is 6.07 Å². The molecule has 0 aliphatic rings. The van der Waals surface area contributed by atoms with Crippen LogP contribution in [-0.4, -0.2) is 48.6 Å². The van der Waals surface area contributed by atoms with Crippen molar-refractivity contribution in [1.29, 1.82) is 5.26 Å². The van der Waals surface area contributed by atoms with Crippen LogP contribution in [0.4, 0.5) is 5.82 Å². The molecule has 1 aromatic rings. The maximum absolute atomic E-state index is 9.02. The van der Waals surface area contributed by atoms with Crippen molar-refractivity contribution in [3.63, 3.8) is 0 Å². The van der Waals surface area contributed by atoms with E-state index in [1.807, 2.05) is 14.1 Å². The van der Waals surface area contributed by atoms with Gasteiger partial charge in [-0.2, -0.15) is 5.26 Å². The molecule has 0 fully saturated rings. The second-order valence-electron chi connectivity index (χ2n) is 4.13. The molecule has 5 nitrogen and oxygen atoms in total. The number of nitrogens with zero attached hydrogens (tertiary/aromatic N) is 5. The molecule has 0 unspecified atom stereocenters. The SMILES string of the molecule is CCCN(CCN(C)C)c1nccnc1C#N. The number of likely N-dealkylation sites (N-methyl/N-ethyl adjacent to an activating group) is 1. The molecular weight excluding hydrogens is 214 g/mol. The maximum Gasteiger partial charge on any atom is 0.183 e. The predicted octanol–water partition coefficient (Wildman–Crippen LogP) is 1.13. The summed E-state index contributed by atoms with van der Waals surface area (Å²) in [6.45, 7) is 4.79. The Kier molecular flexibility index (Phi) is 5.37. The molecule has 1 rings (SSSR count). The molecule has 0 saturated heterocycles. The number of hydrogen-bond acceptors (Lipinski definition) is 5. The quantitative estimate of drug-likeness (QED) is 0.737. The lowest BCUT2D eigenvalue weighted by molar-refractivity contribution is 0.412. The summed E-state index contributed by atoms with van der Waals surface area (Å²) < 4.78 is 0. The van der Waals surface area contributed by atoms with Crippen molar-refractivity contribution >= 4 is 5.82 Å². The fourth-order valence-corrected chi connectivity index (χ4v) is 1.56. The first-order valence-corrected chi connectivity index (χ1v) is 5.79. The van der Waals surface area contributed by atoms with Crippen molar-refractivity contribution < 1.29 is 0 Å². The van der Waals surface area contributed by atoms with Crippen LogP contribution in [0.1, 0.15) is 19.0 Å². The minimum absolute atomic E-state index is 0.403. The molecule has 92 valence electrons. The van der Waals surface area contributed by atoms with Crippen LogP contribution in [-0.2, 0) is 0 Å². The molecule has 0 aromatic carbocycles. The molecule has 0 radical (unpaired) electrons. The van der Waals surface area contributed by atoms with Gasteiger partial charge in [-0.25, -0.2) is 9.97 Å². The van der Waals surface area contributed by atoms with E-state index in [2.05, 4.69) is 32.8 Å². The monoisotopic (exact) mass is 233 g/mol. The number of rotatable bonds is 6. The Morgan fingerprint density at radius 1 is 1.18 bits per heavy atom. The van der Waals surface area contributed by atoms with Gasteiger partial charge in [0.15, 0.2) is 11.5 Å². The van der Waals surface area contributed by atoms with Gasteiger partial charge in [0, 0.05) is 32.0 Å². The standard InChI is InChI=1S/C12H19N5/c1-4-7-17(9-8-16(2)3)12-11(10-13)14-5-6-15-12/h5-6H,4,7-9H2,1-3H3. The van der Waals surface area contributed by atoms with E-state index >= 15 is 0 Å². The molecule has 0 bridgehead atoms. The fourth-order valence-electron chi connectivity index (χ4n) is 1.56. The van der Waals surface area contributed by atoms with E-state index in [-0.39, 0.29) is 0 Å². The summed E-state index contributed by atoms with van der Waals surface area (Å²) in [4.78, 5) is 12.6. The topological polar surface area (TPSA) is 56.1 Å². The van der Waals surface area contributed by atoms with Gasteiger partial charge in [-0.1, -0.05) is 6.92 Å². The molecule has 0 N–H and O–H groups in total.